The Hall–Kier alpha value is -2.24. The first kappa shape index (κ1) is 20.1. The molecule has 0 spiro atoms. The van der Waals surface area contributed by atoms with E-state index in [0.29, 0.717) is 21.5 Å². The summed E-state index contributed by atoms with van der Waals surface area (Å²) in [5.74, 6) is 0.663. The summed E-state index contributed by atoms with van der Waals surface area (Å²) < 4.78 is 11.0. The average molecular weight is 395 g/mol. The molecule has 138 valence electrons. The third-order valence-electron chi connectivity index (χ3n) is 3.46. The Bertz CT molecular complexity index is 781. The van der Waals surface area contributed by atoms with Gasteiger partial charge in [-0.05, 0) is 49.2 Å². The molecule has 5 nitrogen and oxygen atoms in total. The van der Waals surface area contributed by atoms with E-state index in [0.717, 1.165) is 12.0 Å². The highest BCUT2D eigenvalue weighted by atomic mass is 35.5. The van der Waals surface area contributed by atoms with Crippen molar-refractivity contribution in [2.75, 3.05) is 6.61 Å². The second kappa shape index (κ2) is 10.0. The normalized spacial score (nSPS) is 12.0. The summed E-state index contributed by atoms with van der Waals surface area (Å²) in [5, 5.41) is 4.82. The lowest BCUT2D eigenvalue weighted by Crippen LogP contribution is -2.24. The molecule has 2 aromatic carbocycles. The highest BCUT2D eigenvalue weighted by Crippen LogP contribution is 2.26. The van der Waals surface area contributed by atoms with Crippen LogP contribution in [-0.2, 0) is 4.79 Å². The third kappa shape index (κ3) is 6.24. The summed E-state index contributed by atoms with van der Waals surface area (Å²) in [6.07, 6.45) is 2.47. The highest BCUT2D eigenvalue weighted by Gasteiger charge is 2.07. The average Bonchev–Trinajstić information content (AvgIpc) is 2.63. The number of rotatable bonds is 8. The largest absolute Gasteiger partial charge is 0.489 e. The quantitative estimate of drug-likeness (QED) is 0.521. The first-order valence-corrected chi connectivity index (χ1v) is 8.90. The van der Waals surface area contributed by atoms with Gasteiger partial charge in [-0.25, -0.2) is 5.43 Å². The molecule has 0 bridgehead atoms. The Labute approximate surface area is 162 Å². The molecule has 1 atom stereocenters. The number of carbonyl (C=O) groups is 1. The van der Waals surface area contributed by atoms with E-state index in [1.54, 1.807) is 42.5 Å². The molecule has 7 heteroatoms. The molecule has 2 rings (SSSR count). The van der Waals surface area contributed by atoms with Gasteiger partial charge in [-0.15, -0.1) is 0 Å². The van der Waals surface area contributed by atoms with Crippen molar-refractivity contribution in [1.82, 2.24) is 5.43 Å². The fourth-order valence-electron chi connectivity index (χ4n) is 1.91. The molecular formula is C19H20Cl2N2O3. The maximum Gasteiger partial charge on any atom is 0.277 e. The van der Waals surface area contributed by atoms with Crippen LogP contribution in [0.5, 0.6) is 11.5 Å². The molecule has 0 heterocycles. The first-order chi connectivity index (χ1) is 12.5. The number of nitrogens with zero attached hydrogens (tertiary/aromatic N) is 1. The van der Waals surface area contributed by atoms with Gasteiger partial charge < -0.3 is 9.47 Å². The first-order valence-electron chi connectivity index (χ1n) is 8.15. The van der Waals surface area contributed by atoms with Crippen molar-refractivity contribution >= 4 is 35.3 Å². The molecule has 0 aliphatic rings. The van der Waals surface area contributed by atoms with Crippen molar-refractivity contribution in [2.45, 2.75) is 26.4 Å². The second-order valence-electron chi connectivity index (χ2n) is 5.54. The monoisotopic (exact) mass is 394 g/mol. The zero-order valence-electron chi connectivity index (χ0n) is 14.5. The van der Waals surface area contributed by atoms with E-state index in [-0.39, 0.29) is 12.7 Å². The summed E-state index contributed by atoms with van der Waals surface area (Å²) in [4.78, 5) is 11.8. The minimum atomic E-state index is -0.399. The molecular weight excluding hydrogens is 375 g/mol. The van der Waals surface area contributed by atoms with Gasteiger partial charge in [-0.2, -0.15) is 5.10 Å². The molecule has 0 unspecified atom stereocenters. The molecule has 0 aromatic heterocycles. The van der Waals surface area contributed by atoms with Gasteiger partial charge in [0.1, 0.15) is 11.5 Å². The van der Waals surface area contributed by atoms with E-state index in [9.17, 15) is 4.79 Å². The predicted octanol–water partition coefficient (Wildman–Crippen LogP) is 4.70. The predicted molar refractivity (Wildman–Crippen MR) is 105 cm³/mol. The number of hydrazone groups is 1. The zero-order valence-corrected chi connectivity index (χ0v) is 16.1. The lowest BCUT2D eigenvalue weighted by molar-refractivity contribution is -0.123. The Morgan fingerprint density at radius 2 is 1.96 bits per heavy atom. The lowest BCUT2D eigenvalue weighted by atomic mass is 10.2. The van der Waals surface area contributed by atoms with Crippen LogP contribution in [0.15, 0.2) is 47.6 Å². The number of carbonyl (C=O) groups excluding carboxylic acids is 1. The Morgan fingerprint density at radius 3 is 2.65 bits per heavy atom. The van der Waals surface area contributed by atoms with E-state index in [2.05, 4.69) is 10.5 Å². The van der Waals surface area contributed by atoms with Crippen molar-refractivity contribution in [3.8, 4) is 11.5 Å². The molecule has 0 saturated heterocycles. The highest BCUT2D eigenvalue weighted by molar-refractivity contribution is 6.32. The number of halogens is 2. The number of amides is 1. The van der Waals surface area contributed by atoms with Gasteiger partial charge in [0.15, 0.2) is 6.61 Å². The minimum absolute atomic E-state index is 0.0874. The fraction of sp³-hybridized carbons (Fsp3) is 0.263. The molecule has 1 N–H and O–H groups in total. The van der Waals surface area contributed by atoms with Crippen LogP contribution in [0.1, 0.15) is 25.8 Å². The molecule has 0 fully saturated rings. The summed E-state index contributed by atoms with van der Waals surface area (Å²) in [6, 6.07) is 12.2. The van der Waals surface area contributed by atoms with Crippen LogP contribution in [0.2, 0.25) is 10.0 Å². The molecule has 0 aliphatic heterocycles. The van der Waals surface area contributed by atoms with Crippen LogP contribution in [0, 0.1) is 0 Å². The van der Waals surface area contributed by atoms with Gasteiger partial charge in [-0.3, -0.25) is 4.79 Å². The van der Waals surface area contributed by atoms with E-state index < -0.39 is 5.91 Å². The maximum atomic E-state index is 11.8. The maximum absolute atomic E-state index is 11.8. The number of nitrogens with one attached hydrogen (secondary N) is 1. The summed E-state index contributed by atoms with van der Waals surface area (Å²) in [6.45, 7) is 3.83. The van der Waals surface area contributed by atoms with Crippen LogP contribution in [0.25, 0.3) is 0 Å². The summed E-state index contributed by atoms with van der Waals surface area (Å²) in [5.41, 5.74) is 3.12. The smallest absolute Gasteiger partial charge is 0.277 e. The Morgan fingerprint density at radius 1 is 1.19 bits per heavy atom. The topological polar surface area (TPSA) is 59.9 Å². The van der Waals surface area contributed by atoms with Crippen molar-refractivity contribution in [2.24, 2.45) is 5.10 Å². The van der Waals surface area contributed by atoms with E-state index in [4.69, 9.17) is 32.7 Å². The van der Waals surface area contributed by atoms with E-state index >= 15 is 0 Å². The number of para-hydroxylation sites is 1. The number of benzene rings is 2. The number of ether oxygens (including phenoxy) is 2. The summed E-state index contributed by atoms with van der Waals surface area (Å²) in [7, 11) is 0. The van der Waals surface area contributed by atoms with Crippen LogP contribution in [0.4, 0.5) is 0 Å². The summed E-state index contributed by atoms with van der Waals surface area (Å²) >= 11 is 12.1. The molecule has 2 aromatic rings. The standard InChI is InChI=1S/C19H20Cl2N2O3/c1-3-13(2)26-18-9-8-14(10-16(18)21)11-22-23-19(24)12-25-17-7-5-4-6-15(17)20/h4-11,13H,3,12H2,1-2H3,(H,23,24)/b22-11+/t13-/m0/s1. The molecule has 1 amide bonds. The fourth-order valence-corrected chi connectivity index (χ4v) is 2.33. The van der Waals surface area contributed by atoms with Gasteiger partial charge in [0.25, 0.3) is 5.91 Å². The molecule has 26 heavy (non-hydrogen) atoms. The van der Waals surface area contributed by atoms with Crippen molar-refractivity contribution in [1.29, 1.82) is 0 Å². The van der Waals surface area contributed by atoms with E-state index in [1.165, 1.54) is 6.21 Å². The second-order valence-corrected chi connectivity index (χ2v) is 6.35. The number of hydrogen-bond acceptors (Lipinski definition) is 4. The van der Waals surface area contributed by atoms with Crippen LogP contribution < -0.4 is 14.9 Å². The SMILES string of the molecule is CC[C@H](C)Oc1ccc(/C=N/NC(=O)COc2ccccc2Cl)cc1Cl. The van der Waals surface area contributed by atoms with Gasteiger partial charge in [0, 0.05) is 0 Å². The molecule has 0 aliphatic carbocycles. The van der Waals surface area contributed by atoms with Crippen molar-refractivity contribution in [3.05, 3.63) is 58.1 Å². The van der Waals surface area contributed by atoms with Crippen LogP contribution in [0.3, 0.4) is 0 Å². The van der Waals surface area contributed by atoms with E-state index in [1.807, 2.05) is 13.8 Å². The molecule has 0 radical (unpaired) electrons. The lowest BCUT2D eigenvalue weighted by Gasteiger charge is -2.13. The number of hydrogen-bond donors (Lipinski definition) is 1. The minimum Gasteiger partial charge on any atom is -0.489 e. The Balaban J connectivity index is 1.85. The van der Waals surface area contributed by atoms with Gasteiger partial charge in [-0.1, -0.05) is 42.3 Å². The van der Waals surface area contributed by atoms with Gasteiger partial charge in [0.2, 0.25) is 0 Å². The van der Waals surface area contributed by atoms with Crippen molar-refractivity contribution < 1.29 is 14.3 Å². The molecule has 0 saturated carbocycles. The van der Waals surface area contributed by atoms with Crippen molar-refractivity contribution in [3.63, 3.8) is 0 Å². The third-order valence-corrected chi connectivity index (χ3v) is 4.06. The van der Waals surface area contributed by atoms with Crippen LogP contribution >= 0.6 is 23.2 Å². The van der Waals surface area contributed by atoms with Crippen LogP contribution in [-0.4, -0.2) is 24.8 Å². The van der Waals surface area contributed by atoms with Gasteiger partial charge in [0.05, 0.1) is 22.4 Å². The van der Waals surface area contributed by atoms with Gasteiger partial charge >= 0.3 is 0 Å². The zero-order chi connectivity index (χ0) is 18.9. The Kier molecular flexibility index (Phi) is 7.75.